The molecular formula is C33H48FN7O3. The summed E-state index contributed by atoms with van der Waals surface area (Å²) in [6.45, 7) is 11.3. The monoisotopic (exact) mass is 609 g/mol. The number of benzene rings is 1. The van der Waals surface area contributed by atoms with Crippen LogP contribution >= 0.6 is 0 Å². The number of nitriles is 1. The van der Waals surface area contributed by atoms with E-state index in [0.29, 0.717) is 50.7 Å². The van der Waals surface area contributed by atoms with E-state index in [-0.39, 0.29) is 48.2 Å². The summed E-state index contributed by atoms with van der Waals surface area (Å²) in [4.78, 5) is 34.3. The Morgan fingerprint density at radius 2 is 2.05 bits per heavy atom. The summed E-state index contributed by atoms with van der Waals surface area (Å²) in [7, 11) is 3.98. The fourth-order valence-corrected chi connectivity index (χ4v) is 7.83. The van der Waals surface area contributed by atoms with Crippen molar-refractivity contribution in [3.63, 3.8) is 0 Å². The molecule has 1 aromatic carbocycles. The van der Waals surface area contributed by atoms with Gasteiger partial charge in [-0.1, -0.05) is 13.5 Å². The molecule has 3 fully saturated rings. The van der Waals surface area contributed by atoms with Gasteiger partial charge >= 0.3 is 0 Å². The zero-order valence-electron chi connectivity index (χ0n) is 26.6. The molecule has 11 heteroatoms. The van der Waals surface area contributed by atoms with Crippen LogP contribution in [0, 0.1) is 23.1 Å². The molecule has 2 amide bonds. The fraction of sp³-hybridized carbons (Fsp3) is 0.667. The largest absolute Gasteiger partial charge is 0.348 e. The van der Waals surface area contributed by atoms with E-state index >= 15 is 0 Å². The Balaban J connectivity index is 1.41. The van der Waals surface area contributed by atoms with Crippen LogP contribution in [-0.2, 0) is 16.0 Å². The summed E-state index contributed by atoms with van der Waals surface area (Å²) in [5.41, 5.74) is 0.764. The molecule has 4 unspecified atom stereocenters. The molecule has 2 N–H and O–H groups in total. The third-order valence-corrected chi connectivity index (χ3v) is 10.5. The van der Waals surface area contributed by atoms with Gasteiger partial charge in [-0.05, 0) is 82.5 Å². The predicted molar refractivity (Wildman–Crippen MR) is 166 cm³/mol. The number of nitrogens with zero attached hydrogens (tertiary/aromatic N) is 5. The summed E-state index contributed by atoms with van der Waals surface area (Å²) in [5.74, 6) is -0.430. The van der Waals surface area contributed by atoms with Gasteiger partial charge in [-0.3, -0.25) is 25.1 Å². The SMILES string of the molecule is C=CC(=O)N1CCN(C2NC(OC[C@H]3CCCN3C)NC(C[C@]3(C)Cc4cc(F)ccc4C(=O)N3C)C2CC)C[C@H]1CC#N. The Bertz CT molecular complexity index is 1270. The molecule has 44 heavy (non-hydrogen) atoms. The van der Waals surface area contributed by atoms with Crippen molar-refractivity contribution >= 4 is 11.8 Å². The van der Waals surface area contributed by atoms with Crippen LogP contribution in [0.25, 0.3) is 0 Å². The third-order valence-electron chi connectivity index (χ3n) is 10.5. The van der Waals surface area contributed by atoms with Crippen LogP contribution in [0.1, 0.15) is 61.9 Å². The lowest BCUT2D eigenvalue weighted by Gasteiger charge is -2.53. The molecule has 240 valence electrons. The normalized spacial score (nSPS) is 33.2. The lowest BCUT2D eigenvalue weighted by Crippen LogP contribution is -2.72. The van der Waals surface area contributed by atoms with Crippen molar-refractivity contribution in [2.45, 2.75) is 88.6 Å². The van der Waals surface area contributed by atoms with Gasteiger partial charge in [0, 0.05) is 55.8 Å². The lowest BCUT2D eigenvalue weighted by molar-refractivity contribution is -0.135. The first-order chi connectivity index (χ1) is 21.1. The van der Waals surface area contributed by atoms with Crippen molar-refractivity contribution < 1.29 is 18.7 Å². The van der Waals surface area contributed by atoms with Gasteiger partial charge in [-0.2, -0.15) is 5.26 Å². The van der Waals surface area contributed by atoms with Crippen LogP contribution in [0.2, 0.25) is 0 Å². The highest BCUT2D eigenvalue weighted by Gasteiger charge is 2.47. The second-order valence-corrected chi connectivity index (χ2v) is 13.2. The average Bonchev–Trinajstić information content (AvgIpc) is 3.42. The highest BCUT2D eigenvalue weighted by molar-refractivity contribution is 5.97. The number of likely N-dealkylation sites (N-methyl/N-ethyl adjacent to an activating group) is 2. The van der Waals surface area contributed by atoms with Crippen molar-refractivity contribution in [1.29, 1.82) is 5.26 Å². The van der Waals surface area contributed by atoms with Crippen molar-refractivity contribution in [2.75, 3.05) is 46.9 Å². The summed E-state index contributed by atoms with van der Waals surface area (Å²) >= 11 is 0. The minimum absolute atomic E-state index is 0.0184. The molecule has 7 atom stereocenters. The fourth-order valence-electron chi connectivity index (χ4n) is 7.83. The summed E-state index contributed by atoms with van der Waals surface area (Å²) < 4.78 is 20.8. The minimum atomic E-state index is -0.542. The lowest BCUT2D eigenvalue weighted by atomic mass is 9.75. The second kappa shape index (κ2) is 13.6. The van der Waals surface area contributed by atoms with E-state index in [1.807, 2.05) is 11.9 Å². The number of carbonyl (C=O) groups is 2. The molecule has 4 aliphatic heterocycles. The standard InChI is InChI=1S/C33H48FN7O3/c1-6-26-28(19-33(3)18-22-17-23(34)10-11-27(22)31(43)39(33)5)36-32(44-21-25-9-8-14-38(25)4)37-30(26)40-15-16-41(29(42)7-2)24(20-40)12-13-35/h7,10-11,17,24-26,28,30,32,36-37H,2,6,8-9,12,14-16,18-21H2,1,3-5H3/t24-,25-,26?,28?,30?,32?,33+/m1/s1. The van der Waals surface area contributed by atoms with Crippen LogP contribution in [0.4, 0.5) is 4.39 Å². The number of rotatable bonds is 9. The van der Waals surface area contributed by atoms with Gasteiger partial charge in [-0.15, -0.1) is 0 Å². The maximum absolute atomic E-state index is 14.3. The van der Waals surface area contributed by atoms with E-state index < -0.39 is 11.9 Å². The van der Waals surface area contributed by atoms with Gasteiger partial charge in [-0.25, -0.2) is 4.39 Å². The maximum atomic E-state index is 14.3. The van der Waals surface area contributed by atoms with Gasteiger partial charge in [0.25, 0.3) is 5.91 Å². The quantitative estimate of drug-likeness (QED) is 0.412. The van der Waals surface area contributed by atoms with Crippen molar-refractivity contribution in [3.05, 3.63) is 47.8 Å². The number of fused-ring (bicyclic) bond motifs is 1. The molecule has 0 radical (unpaired) electrons. The highest BCUT2D eigenvalue weighted by atomic mass is 19.1. The molecule has 1 aromatic rings. The Hall–Kier alpha value is -2.88. The van der Waals surface area contributed by atoms with E-state index in [0.717, 1.165) is 31.4 Å². The zero-order valence-corrected chi connectivity index (χ0v) is 26.6. The maximum Gasteiger partial charge on any atom is 0.254 e. The summed E-state index contributed by atoms with van der Waals surface area (Å²) in [6.07, 6.45) is 5.42. The Morgan fingerprint density at radius 1 is 1.25 bits per heavy atom. The average molecular weight is 610 g/mol. The first-order valence-electron chi connectivity index (χ1n) is 16.0. The molecule has 0 aliphatic carbocycles. The second-order valence-electron chi connectivity index (χ2n) is 13.2. The number of piperazine rings is 1. The summed E-state index contributed by atoms with van der Waals surface area (Å²) in [5, 5.41) is 17.1. The van der Waals surface area contributed by atoms with Crippen LogP contribution < -0.4 is 10.6 Å². The molecule has 0 saturated carbocycles. The molecule has 0 spiro atoms. The van der Waals surface area contributed by atoms with Gasteiger partial charge in [0.1, 0.15) is 5.82 Å². The Morgan fingerprint density at radius 3 is 2.73 bits per heavy atom. The highest BCUT2D eigenvalue weighted by Crippen LogP contribution is 2.37. The van der Waals surface area contributed by atoms with Crippen molar-refractivity contribution in [2.24, 2.45) is 5.92 Å². The molecule has 5 rings (SSSR count). The van der Waals surface area contributed by atoms with Gasteiger partial charge in [0.2, 0.25) is 5.91 Å². The van der Waals surface area contributed by atoms with Crippen molar-refractivity contribution in [1.82, 2.24) is 30.2 Å². The Kier molecular flexibility index (Phi) is 10.1. The molecule has 0 bridgehead atoms. The number of halogens is 1. The molecule has 3 saturated heterocycles. The number of hydrogen-bond donors (Lipinski definition) is 2. The smallest absolute Gasteiger partial charge is 0.254 e. The van der Waals surface area contributed by atoms with Crippen LogP contribution in [0.15, 0.2) is 30.9 Å². The number of nitrogens with one attached hydrogen (secondary N) is 2. The molecular weight excluding hydrogens is 561 g/mol. The first kappa shape index (κ1) is 32.5. The predicted octanol–water partition coefficient (Wildman–Crippen LogP) is 2.52. The Labute approximate surface area is 261 Å². The topological polar surface area (TPSA) is 104 Å². The number of ether oxygens (including phenoxy) is 1. The van der Waals surface area contributed by atoms with E-state index in [1.54, 1.807) is 11.0 Å². The van der Waals surface area contributed by atoms with E-state index in [1.165, 1.54) is 18.2 Å². The molecule has 0 aromatic heterocycles. The first-order valence-corrected chi connectivity index (χ1v) is 16.0. The molecule has 4 aliphatic rings. The van der Waals surface area contributed by atoms with Crippen LogP contribution in [-0.4, -0.2) is 114 Å². The van der Waals surface area contributed by atoms with Gasteiger partial charge in [0.15, 0.2) is 6.35 Å². The molecule has 4 heterocycles. The van der Waals surface area contributed by atoms with Crippen LogP contribution in [0.3, 0.4) is 0 Å². The van der Waals surface area contributed by atoms with E-state index in [9.17, 15) is 19.2 Å². The summed E-state index contributed by atoms with van der Waals surface area (Å²) in [6, 6.07) is 6.82. The third kappa shape index (κ3) is 6.56. The van der Waals surface area contributed by atoms with Gasteiger partial charge in [0.05, 0.1) is 31.3 Å². The molecule has 10 nitrogen and oxygen atoms in total. The minimum Gasteiger partial charge on any atom is -0.348 e. The zero-order chi connectivity index (χ0) is 31.6. The number of amides is 2. The van der Waals surface area contributed by atoms with E-state index in [2.05, 4.69) is 54.0 Å². The number of hydrogen-bond acceptors (Lipinski definition) is 8. The van der Waals surface area contributed by atoms with Crippen molar-refractivity contribution in [3.8, 4) is 6.07 Å². The van der Waals surface area contributed by atoms with E-state index in [4.69, 9.17) is 4.74 Å². The number of likely N-dealkylation sites (tertiary alicyclic amines) is 1. The van der Waals surface area contributed by atoms with Gasteiger partial charge < -0.3 is 19.4 Å². The van der Waals surface area contributed by atoms with Crippen LogP contribution in [0.5, 0.6) is 0 Å². The number of carbonyl (C=O) groups excluding carboxylic acids is 2.